The molecule has 0 radical (unpaired) electrons. The summed E-state index contributed by atoms with van der Waals surface area (Å²) in [5.74, 6) is 0.0632. The van der Waals surface area contributed by atoms with E-state index in [9.17, 15) is 9.90 Å². The van der Waals surface area contributed by atoms with Crippen LogP contribution in [0.15, 0.2) is 5.38 Å². The van der Waals surface area contributed by atoms with Crippen LogP contribution in [0.25, 0.3) is 0 Å². The first-order valence-electron chi connectivity index (χ1n) is 5.88. The molecule has 1 amide bonds. The number of amides is 1. The fourth-order valence-electron chi connectivity index (χ4n) is 1.58. The van der Waals surface area contributed by atoms with Crippen molar-refractivity contribution in [2.45, 2.75) is 26.0 Å². The molecular formula is C12H21N3O2S. The van der Waals surface area contributed by atoms with Gasteiger partial charge in [0, 0.05) is 32.6 Å². The molecule has 1 aromatic rings. The maximum Gasteiger partial charge on any atom is 0.228 e. The summed E-state index contributed by atoms with van der Waals surface area (Å²) in [6.07, 6.45) is 0.0149. The van der Waals surface area contributed by atoms with E-state index in [1.54, 1.807) is 25.9 Å². The standard InChI is InChI=1S/C12H21N3O2S/c1-9(16)6-15(4)7-10-8-18-11(13-10)5-12(17)14(2)3/h8-9,16H,5-7H2,1-4H3. The number of hydrogen-bond acceptors (Lipinski definition) is 5. The van der Waals surface area contributed by atoms with E-state index in [1.165, 1.54) is 11.3 Å². The Morgan fingerprint density at radius 1 is 1.50 bits per heavy atom. The molecule has 1 N–H and O–H groups in total. The predicted octanol–water partition coefficient (Wildman–Crippen LogP) is 0.586. The van der Waals surface area contributed by atoms with E-state index in [4.69, 9.17) is 0 Å². The van der Waals surface area contributed by atoms with E-state index < -0.39 is 0 Å². The van der Waals surface area contributed by atoms with Crippen molar-refractivity contribution in [2.75, 3.05) is 27.7 Å². The van der Waals surface area contributed by atoms with Crippen molar-refractivity contribution >= 4 is 17.2 Å². The van der Waals surface area contributed by atoms with Gasteiger partial charge in [-0.15, -0.1) is 11.3 Å². The van der Waals surface area contributed by atoms with E-state index in [-0.39, 0.29) is 12.0 Å². The summed E-state index contributed by atoms with van der Waals surface area (Å²) in [5, 5.41) is 12.1. The van der Waals surface area contributed by atoms with Crippen molar-refractivity contribution in [3.05, 3.63) is 16.1 Å². The molecule has 5 nitrogen and oxygen atoms in total. The lowest BCUT2D eigenvalue weighted by atomic mass is 10.3. The van der Waals surface area contributed by atoms with Crippen molar-refractivity contribution in [3.8, 4) is 0 Å². The van der Waals surface area contributed by atoms with Crippen LogP contribution >= 0.6 is 11.3 Å². The second kappa shape index (κ2) is 6.82. The molecular weight excluding hydrogens is 250 g/mol. The minimum Gasteiger partial charge on any atom is -0.392 e. The van der Waals surface area contributed by atoms with Crippen molar-refractivity contribution < 1.29 is 9.90 Å². The van der Waals surface area contributed by atoms with Gasteiger partial charge >= 0.3 is 0 Å². The Hall–Kier alpha value is -0.980. The van der Waals surface area contributed by atoms with Gasteiger partial charge in [-0.25, -0.2) is 4.98 Å². The van der Waals surface area contributed by atoms with Gasteiger partial charge in [-0.2, -0.15) is 0 Å². The molecule has 102 valence electrons. The third-order valence-electron chi connectivity index (χ3n) is 2.41. The van der Waals surface area contributed by atoms with Gasteiger partial charge in [0.25, 0.3) is 0 Å². The van der Waals surface area contributed by atoms with Gasteiger partial charge in [0.2, 0.25) is 5.91 Å². The molecule has 0 aliphatic rings. The summed E-state index contributed by atoms with van der Waals surface area (Å²) in [7, 11) is 5.43. The van der Waals surface area contributed by atoms with E-state index >= 15 is 0 Å². The van der Waals surface area contributed by atoms with Gasteiger partial charge in [0.1, 0.15) is 5.01 Å². The summed E-state index contributed by atoms with van der Waals surface area (Å²) in [4.78, 5) is 19.5. The topological polar surface area (TPSA) is 56.7 Å². The molecule has 1 aromatic heterocycles. The van der Waals surface area contributed by atoms with E-state index in [1.807, 2.05) is 17.3 Å². The highest BCUT2D eigenvalue weighted by Gasteiger charge is 2.11. The van der Waals surface area contributed by atoms with Crippen LogP contribution in [0, 0.1) is 0 Å². The first kappa shape index (κ1) is 15.1. The molecule has 0 aliphatic heterocycles. The normalized spacial score (nSPS) is 12.8. The molecule has 0 spiro atoms. The molecule has 0 saturated carbocycles. The third-order valence-corrected chi connectivity index (χ3v) is 3.31. The average molecular weight is 271 g/mol. The Labute approximate surface area is 112 Å². The van der Waals surface area contributed by atoms with Gasteiger partial charge in [-0.05, 0) is 14.0 Å². The maximum absolute atomic E-state index is 11.5. The molecule has 0 aliphatic carbocycles. The SMILES string of the molecule is CC(O)CN(C)Cc1csc(CC(=O)N(C)C)n1. The molecule has 0 fully saturated rings. The van der Waals surface area contributed by atoms with Crippen LogP contribution < -0.4 is 0 Å². The second-order valence-corrected chi connectivity index (χ2v) is 5.69. The zero-order valence-electron chi connectivity index (χ0n) is 11.4. The van der Waals surface area contributed by atoms with Crippen LogP contribution in [-0.4, -0.2) is 59.6 Å². The molecule has 0 saturated heterocycles. The molecule has 1 heterocycles. The Morgan fingerprint density at radius 2 is 2.17 bits per heavy atom. The summed E-state index contributed by atoms with van der Waals surface area (Å²) in [6, 6.07) is 0. The highest BCUT2D eigenvalue weighted by atomic mass is 32.1. The zero-order valence-corrected chi connectivity index (χ0v) is 12.2. The summed E-state index contributed by atoms with van der Waals surface area (Å²) < 4.78 is 0. The molecule has 0 bridgehead atoms. The highest BCUT2D eigenvalue weighted by Crippen LogP contribution is 2.12. The largest absolute Gasteiger partial charge is 0.392 e. The molecule has 18 heavy (non-hydrogen) atoms. The number of aliphatic hydroxyl groups excluding tert-OH is 1. The van der Waals surface area contributed by atoms with Gasteiger partial charge in [0.05, 0.1) is 18.2 Å². The number of likely N-dealkylation sites (N-methyl/N-ethyl adjacent to an activating group) is 2. The predicted molar refractivity (Wildman–Crippen MR) is 72.5 cm³/mol. The lowest BCUT2D eigenvalue weighted by Gasteiger charge is -2.16. The number of thiazole rings is 1. The molecule has 1 unspecified atom stereocenters. The molecule has 0 aromatic carbocycles. The minimum atomic E-state index is -0.344. The summed E-state index contributed by atoms with van der Waals surface area (Å²) in [6.45, 7) is 3.07. The average Bonchev–Trinajstić information content (AvgIpc) is 2.63. The Balaban J connectivity index is 2.50. The second-order valence-electron chi connectivity index (χ2n) is 4.74. The number of nitrogens with zero attached hydrogens (tertiary/aromatic N) is 3. The van der Waals surface area contributed by atoms with Crippen LogP contribution in [0.4, 0.5) is 0 Å². The minimum absolute atomic E-state index is 0.0632. The van der Waals surface area contributed by atoms with Crippen molar-refractivity contribution in [3.63, 3.8) is 0 Å². The Kier molecular flexibility index (Phi) is 5.71. The Morgan fingerprint density at radius 3 is 2.72 bits per heavy atom. The van der Waals surface area contributed by atoms with Crippen molar-refractivity contribution in [2.24, 2.45) is 0 Å². The van der Waals surface area contributed by atoms with Gasteiger partial charge in [0.15, 0.2) is 0 Å². The fraction of sp³-hybridized carbons (Fsp3) is 0.667. The highest BCUT2D eigenvalue weighted by molar-refractivity contribution is 7.09. The summed E-state index contributed by atoms with van der Waals surface area (Å²) >= 11 is 1.51. The molecule has 1 atom stereocenters. The van der Waals surface area contributed by atoms with Crippen LogP contribution in [0.3, 0.4) is 0 Å². The first-order valence-corrected chi connectivity index (χ1v) is 6.76. The van der Waals surface area contributed by atoms with E-state index in [0.717, 1.165) is 10.7 Å². The van der Waals surface area contributed by atoms with Crippen LogP contribution in [0.2, 0.25) is 0 Å². The van der Waals surface area contributed by atoms with Crippen LogP contribution in [-0.2, 0) is 17.8 Å². The number of carbonyl (C=O) groups is 1. The van der Waals surface area contributed by atoms with Crippen LogP contribution in [0.5, 0.6) is 0 Å². The maximum atomic E-state index is 11.5. The van der Waals surface area contributed by atoms with Gasteiger partial charge in [-0.1, -0.05) is 0 Å². The number of aliphatic hydroxyl groups is 1. The molecule has 6 heteroatoms. The van der Waals surface area contributed by atoms with Gasteiger partial charge in [-0.3, -0.25) is 9.69 Å². The van der Waals surface area contributed by atoms with Crippen molar-refractivity contribution in [1.82, 2.24) is 14.8 Å². The van der Waals surface area contributed by atoms with Crippen LogP contribution in [0.1, 0.15) is 17.6 Å². The third kappa shape index (κ3) is 5.12. The van der Waals surface area contributed by atoms with Crippen molar-refractivity contribution in [1.29, 1.82) is 0 Å². The number of aromatic nitrogens is 1. The number of rotatable bonds is 6. The quantitative estimate of drug-likeness (QED) is 0.822. The van der Waals surface area contributed by atoms with Gasteiger partial charge < -0.3 is 10.0 Å². The number of hydrogen-bond donors (Lipinski definition) is 1. The van der Waals surface area contributed by atoms with E-state index in [2.05, 4.69) is 4.98 Å². The zero-order chi connectivity index (χ0) is 13.7. The summed E-state index contributed by atoms with van der Waals surface area (Å²) in [5.41, 5.74) is 0.949. The fourth-order valence-corrected chi connectivity index (χ4v) is 2.36. The smallest absolute Gasteiger partial charge is 0.228 e. The molecule has 1 rings (SSSR count). The monoisotopic (exact) mass is 271 g/mol. The lowest BCUT2D eigenvalue weighted by molar-refractivity contribution is -0.127. The first-order chi connectivity index (χ1) is 8.38. The number of carbonyl (C=O) groups excluding carboxylic acids is 1. The van der Waals surface area contributed by atoms with E-state index in [0.29, 0.717) is 19.5 Å². The Bertz CT molecular complexity index is 390. The lowest BCUT2D eigenvalue weighted by Crippen LogP contribution is -2.27.